The first-order chi connectivity index (χ1) is 9.17. The fourth-order valence-corrected chi connectivity index (χ4v) is 2.22. The molecule has 0 saturated carbocycles. The van der Waals surface area contributed by atoms with Crippen LogP contribution in [0.5, 0.6) is 0 Å². The van der Waals surface area contributed by atoms with Crippen LogP contribution in [0, 0.1) is 6.92 Å². The summed E-state index contributed by atoms with van der Waals surface area (Å²) < 4.78 is 0. The second-order valence-corrected chi connectivity index (χ2v) is 4.80. The predicted octanol–water partition coefficient (Wildman–Crippen LogP) is 3.41. The van der Waals surface area contributed by atoms with Gasteiger partial charge in [0.15, 0.2) is 0 Å². The maximum Gasteiger partial charge on any atom is 0.137 e. The van der Waals surface area contributed by atoms with Crippen LogP contribution in [0.1, 0.15) is 51.9 Å². The van der Waals surface area contributed by atoms with E-state index < -0.39 is 0 Å². The van der Waals surface area contributed by atoms with Gasteiger partial charge in [-0.3, -0.25) is 0 Å². The molecule has 0 atom stereocenters. The van der Waals surface area contributed by atoms with Gasteiger partial charge in [-0.1, -0.05) is 13.8 Å². The van der Waals surface area contributed by atoms with E-state index in [9.17, 15) is 0 Å². The quantitative estimate of drug-likeness (QED) is 0.781. The minimum absolute atomic E-state index is 0.892. The summed E-state index contributed by atoms with van der Waals surface area (Å²) in [6.07, 6.45) is 3.15. The van der Waals surface area contributed by atoms with Crippen LogP contribution in [0.25, 0.3) is 0 Å². The lowest BCUT2D eigenvalue weighted by molar-refractivity contribution is 0.755. The molecule has 0 aliphatic carbocycles. The Balaban J connectivity index is 3.18. The molecule has 1 heterocycles. The Morgan fingerprint density at radius 1 is 1.05 bits per heavy atom. The molecule has 0 saturated heterocycles. The largest absolute Gasteiger partial charge is 0.370 e. The zero-order chi connectivity index (χ0) is 14.3. The lowest BCUT2D eigenvalue weighted by atomic mass is 10.2. The SMILES string of the molecule is CCCc1nc(NCC)c(C)c(N(CC)CCC)n1. The molecule has 0 spiro atoms. The van der Waals surface area contributed by atoms with Crippen molar-refractivity contribution in [3.05, 3.63) is 11.4 Å². The molecule has 1 N–H and O–H groups in total. The van der Waals surface area contributed by atoms with Crippen molar-refractivity contribution in [3.8, 4) is 0 Å². The van der Waals surface area contributed by atoms with Crippen LogP contribution in [0.15, 0.2) is 0 Å². The second kappa shape index (κ2) is 7.97. The number of hydrogen-bond acceptors (Lipinski definition) is 4. The Labute approximate surface area is 117 Å². The first kappa shape index (κ1) is 15.7. The summed E-state index contributed by atoms with van der Waals surface area (Å²) in [5.74, 6) is 3.04. The summed E-state index contributed by atoms with van der Waals surface area (Å²) in [7, 11) is 0. The zero-order valence-corrected chi connectivity index (χ0v) is 13.1. The zero-order valence-electron chi connectivity index (χ0n) is 13.1. The highest BCUT2D eigenvalue weighted by Crippen LogP contribution is 2.24. The summed E-state index contributed by atoms with van der Waals surface area (Å²) in [4.78, 5) is 11.8. The Bertz CT molecular complexity index is 390. The fraction of sp³-hybridized carbons (Fsp3) is 0.733. The monoisotopic (exact) mass is 264 g/mol. The van der Waals surface area contributed by atoms with Gasteiger partial charge in [-0.15, -0.1) is 0 Å². The Hall–Kier alpha value is -1.32. The summed E-state index contributed by atoms with van der Waals surface area (Å²) >= 11 is 0. The normalized spacial score (nSPS) is 10.6. The second-order valence-electron chi connectivity index (χ2n) is 4.80. The van der Waals surface area contributed by atoms with Crippen LogP contribution < -0.4 is 10.2 Å². The van der Waals surface area contributed by atoms with Crippen LogP contribution in [0.4, 0.5) is 11.6 Å². The maximum absolute atomic E-state index is 4.77. The highest BCUT2D eigenvalue weighted by molar-refractivity contribution is 5.58. The summed E-state index contributed by atoms with van der Waals surface area (Å²) in [5.41, 5.74) is 1.16. The van der Waals surface area contributed by atoms with E-state index >= 15 is 0 Å². The standard InChI is InChI=1S/C15H28N4/c1-6-10-13-17-14(16-8-3)12(5)15(18-13)19(9-4)11-7-2/h6-11H2,1-5H3,(H,16,17,18). The Morgan fingerprint density at radius 2 is 1.79 bits per heavy atom. The third-order valence-corrected chi connectivity index (χ3v) is 3.16. The van der Waals surface area contributed by atoms with Gasteiger partial charge in [0.2, 0.25) is 0 Å². The lowest BCUT2D eigenvalue weighted by Gasteiger charge is -2.24. The average molecular weight is 264 g/mol. The first-order valence-corrected chi connectivity index (χ1v) is 7.54. The Morgan fingerprint density at radius 3 is 2.32 bits per heavy atom. The fourth-order valence-electron chi connectivity index (χ4n) is 2.22. The van der Waals surface area contributed by atoms with Crippen LogP contribution >= 0.6 is 0 Å². The average Bonchev–Trinajstić information content (AvgIpc) is 2.40. The van der Waals surface area contributed by atoms with Crippen LogP contribution in [-0.2, 0) is 6.42 Å². The molecule has 0 bridgehead atoms. The van der Waals surface area contributed by atoms with E-state index in [1.165, 1.54) is 0 Å². The van der Waals surface area contributed by atoms with Gasteiger partial charge in [0, 0.05) is 31.6 Å². The van der Waals surface area contributed by atoms with Gasteiger partial charge in [-0.05, 0) is 33.6 Å². The van der Waals surface area contributed by atoms with Crippen molar-refractivity contribution in [3.63, 3.8) is 0 Å². The van der Waals surface area contributed by atoms with Crippen molar-refractivity contribution in [2.24, 2.45) is 0 Å². The van der Waals surface area contributed by atoms with Gasteiger partial charge in [0.05, 0.1) is 0 Å². The molecule has 4 heteroatoms. The van der Waals surface area contributed by atoms with Gasteiger partial charge >= 0.3 is 0 Å². The molecule has 0 radical (unpaired) electrons. The first-order valence-electron chi connectivity index (χ1n) is 7.54. The highest BCUT2D eigenvalue weighted by atomic mass is 15.2. The molecule has 1 aromatic heterocycles. The van der Waals surface area contributed by atoms with E-state index in [0.717, 1.165) is 61.9 Å². The number of anilines is 2. The minimum atomic E-state index is 0.892. The maximum atomic E-state index is 4.77. The third kappa shape index (κ3) is 4.08. The van der Waals surface area contributed by atoms with E-state index in [1.54, 1.807) is 0 Å². The number of hydrogen-bond donors (Lipinski definition) is 1. The molecule has 108 valence electrons. The van der Waals surface area contributed by atoms with Gasteiger partial charge in [0.1, 0.15) is 17.5 Å². The molecular formula is C15H28N4. The topological polar surface area (TPSA) is 41.1 Å². The van der Waals surface area contributed by atoms with Crippen LogP contribution in [0.3, 0.4) is 0 Å². The van der Waals surface area contributed by atoms with E-state index in [-0.39, 0.29) is 0 Å². The van der Waals surface area contributed by atoms with Gasteiger partial charge < -0.3 is 10.2 Å². The van der Waals surface area contributed by atoms with Gasteiger partial charge in [-0.25, -0.2) is 9.97 Å². The number of nitrogens with one attached hydrogen (secondary N) is 1. The van der Waals surface area contributed by atoms with E-state index in [0.29, 0.717) is 0 Å². The molecule has 4 nitrogen and oxygen atoms in total. The lowest BCUT2D eigenvalue weighted by Crippen LogP contribution is -2.26. The van der Waals surface area contributed by atoms with Crippen molar-refractivity contribution in [2.75, 3.05) is 29.9 Å². The smallest absolute Gasteiger partial charge is 0.137 e. The molecule has 1 rings (SSSR count). The van der Waals surface area contributed by atoms with Crippen molar-refractivity contribution in [1.29, 1.82) is 0 Å². The molecule has 0 unspecified atom stereocenters. The summed E-state index contributed by atoms with van der Waals surface area (Å²) in [5, 5.41) is 3.36. The predicted molar refractivity (Wildman–Crippen MR) is 83.1 cm³/mol. The van der Waals surface area contributed by atoms with Crippen molar-refractivity contribution in [2.45, 2.75) is 53.9 Å². The van der Waals surface area contributed by atoms with Crippen LogP contribution in [0.2, 0.25) is 0 Å². The molecule has 0 aromatic carbocycles. The van der Waals surface area contributed by atoms with E-state index in [4.69, 9.17) is 4.98 Å². The number of rotatable bonds is 8. The number of aryl methyl sites for hydroxylation is 1. The van der Waals surface area contributed by atoms with Crippen LogP contribution in [-0.4, -0.2) is 29.6 Å². The molecule has 0 fully saturated rings. The molecule has 0 aliphatic rings. The Kier molecular flexibility index (Phi) is 6.60. The van der Waals surface area contributed by atoms with E-state index in [2.05, 4.69) is 49.8 Å². The number of nitrogens with zero attached hydrogens (tertiary/aromatic N) is 3. The van der Waals surface area contributed by atoms with Gasteiger partial charge in [0.25, 0.3) is 0 Å². The minimum Gasteiger partial charge on any atom is -0.370 e. The molecular weight excluding hydrogens is 236 g/mol. The molecule has 19 heavy (non-hydrogen) atoms. The summed E-state index contributed by atoms with van der Waals surface area (Å²) in [6, 6.07) is 0. The number of aromatic nitrogens is 2. The molecule has 1 aromatic rings. The van der Waals surface area contributed by atoms with Crippen molar-refractivity contribution < 1.29 is 0 Å². The molecule has 0 amide bonds. The summed E-state index contributed by atoms with van der Waals surface area (Å²) in [6.45, 7) is 13.7. The third-order valence-electron chi connectivity index (χ3n) is 3.16. The highest BCUT2D eigenvalue weighted by Gasteiger charge is 2.14. The van der Waals surface area contributed by atoms with Crippen molar-refractivity contribution in [1.82, 2.24) is 9.97 Å². The van der Waals surface area contributed by atoms with Crippen molar-refractivity contribution >= 4 is 11.6 Å². The molecule has 0 aliphatic heterocycles. The van der Waals surface area contributed by atoms with E-state index in [1.807, 2.05) is 0 Å². The van der Waals surface area contributed by atoms with Gasteiger partial charge in [-0.2, -0.15) is 0 Å².